The Morgan fingerprint density at radius 2 is 1.93 bits per heavy atom. The first kappa shape index (κ1) is 30.9. The van der Waals surface area contributed by atoms with Crippen molar-refractivity contribution in [3.05, 3.63) is 30.1 Å². The normalized spacial score (nSPS) is 19.7. The fourth-order valence-corrected chi connectivity index (χ4v) is 5.67. The summed E-state index contributed by atoms with van der Waals surface area (Å²) >= 11 is 0. The zero-order chi connectivity index (χ0) is 31.9. The molecule has 4 aromatic heterocycles. The topological polar surface area (TPSA) is 121 Å². The highest BCUT2D eigenvalue weighted by Gasteiger charge is 2.31. The third-order valence-corrected chi connectivity index (χ3v) is 7.68. The third-order valence-electron chi connectivity index (χ3n) is 7.68. The van der Waals surface area contributed by atoms with Crippen LogP contribution < -0.4 is 10.1 Å². The number of carbonyl (C=O) groups excluding carboxylic acids is 1. The van der Waals surface area contributed by atoms with Crippen molar-refractivity contribution in [1.29, 1.82) is 0 Å². The first-order valence-corrected chi connectivity index (χ1v) is 15.1. The zero-order valence-electron chi connectivity index (χ0n) is 25.7. The molecule has 0 saturated carbocycles. The number of alkyl halides is 3. The lowest BCUT2D eigenvalue weighted by atomic mass is 10.1. The summed E-state index contributed by atoms with van der Waals surface area (Å²) in [5, 5.41) is 13.7. The fraction of sp³-hybridized carbons (Fsp3) is 0.567. The van der Waals surface area contributed by atoms with Crippen LogP contribution in [0.3, 0.4) is 0 Å². The second kappa shape index (κ2) is 12.0. The monoisotopic (exact) mass is 630 g/mol. The molecular weight excluding hydrogens is 593 g/mol. The van der Waals surface area contributed by atoms with Crippen molar-refractivity contribution in [2.75, 3.05) is 31.6 Å². The number of fused-ring (bicyclic) bond motifs is 3. The van der Waals surface area contributed by atoms with Crippen molar-refractivity contribution < 1.29 is 32.2 Å². The largest absolute Gasteiger partial charge is 0.483 e. The highest BCUT2D eigenvalue weighted by Crippen LogP contribution is 2.36. The highest BCUT2D eigenvalue weighted by molar-refractivity contribution is 6.03. The Morgan fingerprint density at radius 3 is 2.67 bits per heavy atom. The molecule has 6 heterocycles. The maximum absolute atomic E-state index is 12.8. The van der Waals surface area contributed by atoms with Crippen LogP contribution in [0, 0.1) is 6.92 Å². The molecule has 0 aromatic carbocycles. The number of hydrogen-bond acceptors (Lipinski definition) is 9. The summed E-state index contributed by atoms with van der Waals surface area (Å²) in [6.07, 6.45) is 2.28. The zero-order valence-corrected chi connectivity index (χ0v) is 25.7. The van der Waals surface area contributed by atoms with E-state index in [4.69, 9.17) is 29.4 Å². The number of nitrogens with one attached hydrogen (secondary N) is 1. The van der Waals surface area contributed by atoms with Gasteiger partial charge in [0.05, 0.1) is 22.8 Å². The molecule has 242 valence electrons. The van der Waals surface area contributed by atoms with E-state index in [9.17, 15) is 18.0 Å². The number of pyridine rings is 1. The molecule has 2 atom stereocenters. The number of aromatic nitrogens is 6. The van der Waals surface area contributed by atoms with Crippen molar-refractivity contribution in [1.82, 2.24) is 34.3 Å². The van der Waals surface area contributed by atoms with E-state index in [2.05, 4.69) is 10.3 Å². The molecule has 1 N–H and O–H groups in total. The molecule has 1 amide bonds. The van der Waals surface area contributed by atoms with Crippen LogP contribution in [0.1, 0.15) is 64.7 Å². The summed E-state index contributed by atoms with van der Waals surface area (Å²) in [5.74, 6) is 0.431. The van der Waals surface area contributed by atoms with Crippen molar-refractivity contribution in [3.8, 4) is 17.1 Å². The van der Waals surface area contributed by atoms with Gasteiger partial charge in [0.1, 0.15) is 17.0 Å². The van der Waals surface area contributed by atoms with E-state index in [0.29, 0.717) is 53.6 Å². The second-order valence-corrected chi connectivity index (χ2v) is 12.5. The third kappa shape index (κ3) is 6.92. The van der Waals surface area contributed by atoms with Gasteiger partial charge in [-0.3, -0.25) is 0 Å². The Bertz CT molecular complexity index is 1690. The van der Waals surface area contributed by atoms with Gasteiger partial charge in [0, 0.05) is 31.9 Å². The molecule has 15 heteroatoms. The standard InChI is InChI=1S/C30H37F3N8O4/c1-18-14-34-27(35-19-8-7-12-39(15-19)28(42)45-29(2,3)4)36-24(18)25-23-21-11-10-20(44-17-30(31,32)33)16-40(21)38-26(23)41(37-25)22-9-5-6-13-43-22/h10-11,14,16,19,22H,5-9,12-13,15,17H2,1-4H3,(H,34,35,36)/t19-,22?/m0/s1. The minimum atomic E-state index is -4.46. The Labute approximate surface area is 257 Å². The predicted octanol–water partition coefficient (Wildman–Crippen LogP) is 5.90. The molecule has 45 heavy (non-hydrogen) atoms. The first-order valence-electron chi connectivity index (χ1n) is 15.1. The van der Waals surface area contributed by atoms with Gasteiger partial charge in [-0.05, 0) is 77.5 Å². The van der Waals surface area contributed by atoms with Gasteiger partial charge >= 0.3 is 12.3 Å². The van der Waals surface area contributed by atoms with Crippen LogP contribution in [0.2, 0.25) is 0 Å². The van der Waals surface area contributed by atoms with Gasteiger partial charge in [-0.15, -0.1) is 5.10 Å². The quantitative estimate of drug-likeness (QED) is 0.278. The number of hydrogen-bond donors (Lipinski definition) is 1. The maximum atomic E-state index is 12.8. The Balaban J connectivity index is 1.34. The Morgan fingerprint density at radius 1 is 1.11 bits per heavy atom. The van der Waals surface area contributed by atoms with Gasteiger partial charge in [-0.1, -0.05) is 0 Å². The lowest BCUT2D eigenvalue weighted by Gasteiger charge is -2.34. The number of anilines is 1. The molecule has 2 aliphatic heterocycles. The van der Waals surface area contributed by atoms with Gasteiger partial charge in [-0.2, -0.15) is 18.3 Å². The number of piperidine rings is 1. The van der Waals surface area contributed by atoms with E-state index < -0.39 is 18.4 Å². The summed E-state index contributed by atoms with van der Waals surface area (Å²) < 4.78 is 58.2. The van der Waals surface area contributed by atoms with Gasteiger partial charge in [0.25, 0.3) is 0 Å². The number of carbonyl (C=O) groups is 1. The van der Waals surface area contributed by atoms with Gasteiger partial charge in [-0.25, -0.2) is 24.0 Å². The summed E-state index contributed by atoms with van der Waals surface area (Å²) in [6, 6.07) is 3.07. The molecule has 4 aromatic rings. The number of amides is 1. The average molecular weight is 631 g/mol. The fourth-order valence-electron chi connectivity index (χ4n) is 5.67. The van der Waals surface area contributed by atoms with Gasteiger partial charge < -0.3 is 24.4 Å². The van der Waals surface area contributed by atoms with Crippen LogP contribution in [-0.2, 0) is 9.47 Å². The van der Waals surface area contributed by atoms with Gasteiger partial charge in [0.15, 0.2) is 18.5 Å². The smallest absolute Gasteiger partial charge is 0.422 e. The minimum Gasteiger partial charge on any atom is -0.483 e. The molecule has 12 nitrogen and oxygen atoms in total. The van der Waals surface area contributed by atoms with E-state index in [1.165, 1.54) is 16.8 Å². The summed E-state index contributed by atoms with van der Waals surface area (Å²) in [4.78, 5) is 23.8. The van der Waals surface area contributed by atoms with Crippen molar-refractivity contribution in [3.63, 3.8) is 0 Å². The summed E-state index contributed by atoms with van der Waals surface area (Å²) in [7, 11) is 0. The number of rotatable bonds is 6. The number of nitrogens with zero attached hydrogens (tertiary/aromatic N) is 7. The van der Waals surface area contributed by atoms with Crippen LogP contribution in [0.4, 0.5) is 23.9 Å². The highest BCUT2D eigenvalue weighted by atomic mass is 19.4. The van der Waals surface area contributed by atoms with E-state index in [1.807, 2.05) is 27.7 Å². The Kier molecular flexibility index (Phi) is 8.22. The van der Waals surface area contributed by atoms with E-state index in [1.54, 1.807) is 21.8 Å². The van der Waals surface area contributed by atoms with E-state index >= 15 is 0 Å². The molecule has 0 radical (unpaired) electrons. The average Bonchev–Trinajstić information content (AvgIpc) is 3.53. The van der Waals surface area contributed by atoms with Crippen LogP contribution in [0.25, 0.3) is 27.9 Å². The number of halogens is 3. The van der Waals surface area contributed by atoms with E-state index in [0.717, 1.165) is 37.7 Å². The molecule has 2 fully saturated rings. The maximum Gasteiger partial charge on any atom is 0.422 e. The molecule has 1 unspecified atom stereocenters. The van der Waals surface area contributed by atoms with Crippen molar-refractivity contribution in [2.24, 2.45) is 0 Å². The number of ether oxygens (including phenoxy) is 3. The Hall–Kier alpha value is -4.14. The second-order valence-electron chi connectivity index (χ2n) is 12.5. The molecule has 6 rings (SSSR count). The SMILES string of the molecule is Cc1cnc(N[C@H]2CCCN(C(=O)OC(C)(C)C)C2)nc1-c1nn(C2CCCCO2)c2nn3cc(OCC(F)(F)F)ccc3c12. The molecule has 0 bridgehead atoms. The van der Waals surface area contributed by atoms with Crippen LogP contribution in [-0.4, -0.2) is 84.5 Å². The summed E-state index contributed by atoms with van der Waals surface area (Å²) in [5.41, 5.74) is 2.49. The van der Waals surface area contributed by atoms with E-state index in [-0.39, 0.29) is 24.1 Å². The predicted molar refractivity (Wildman–Crippen MR) is 159 cm³/mol. The molecule has 2 saturated heterocycles. The van der Waals surface area contributed by atoms with Crippen molar-refractivity contribution >= 4 is 28.6 Å². The molecular formula is C30H37F3N8O4. The lowest BCUT2D eigenvalue weighted by Crippen LogP contribution is -2.47. The minimum absolute atomic E-state index is 0.0394. The number of aryl methyl sites for hydroxylation is 1. The van der Waals surface area contributed by atoms with Crippen LogP contribution in [0.5, 0.6) is 5.75 Å². The van der Waals surface area contributed by atoms with Crippen molar-refractivity contribution in [2.45, 2.75) is 83.8 Å². The van der Waals surface area contributed by atoms with Gasteiger partial charge in [0.2, 0.25) is 5.95 Å². The van der Waals surface area contributed by atoms with Crippen LogP contribution in [0.15, 0.2) is 24.5 Å². The first-order chi connectivity index (χ1) is 21.3. The lowest BCUT2D eigenvalue weighted by molar-refractivity contribution is -0.153. The summed E-state index contributed by atoms with van der Waals surface area (Å²) in [6.45, 7) is 7.67. The molecule has 2 aliphatic rings. The number of likely N-dealkylation sites (tertiary alicyclic amines) is 1. The molecule has 0 aliphatic carbocycles. The van der Waals surface area contributed by atoms with Crippen LogP contribution >= 0.6 is 0 Å². The molecule has 0 spiro atoms.